The Morgan fingerprint density at radius 3 is 1.93 bits per heavy atom. The summed E-state index contributed by atoms with van der Waals surface area (Å²) in [6.07, 6.45) is -0.186. The number of halogens is 4. The van der Waals surface area contributed by atoms with Crippen LogP contribution in [0.5, 0.6) is 0 Å². The smallest absolute Gasteiger partial charge is 0.212 e. The lowest BCUT2D eigenvalue weighted by Crippen LogP contribution is -2.15. The summed E-state index contributed by atoms with van der Waals surface area (Å²) in [7, 11) is 0. The fraction of sp³-hybridized carbons (Fsp3) is 0.417. The Bertz CT molecular complexity index is 777. The van der Waals surface area contributed by atoms with Crippen molar-refractivity contribution < 1.29 is 17.6 Å². The summed E-state index contributed by atoms with van der Waals surface area (Å²) in [6, 6.07) is 17.0. The molecule has 0 atom stereocenters. The molecule has 1 fully saturated rings. The van der Waals surface area contributed by atoms with Crippen LogP contribution in [0.3, 0.4) is 0 Å². The summed E-state index contributed by atoms with van der Waals surface area (Å²) in [6.45, 7) is 2.17. The average molecular weight is 390 g/mol. The van der Waals surface area contributed by atoms with Crippen LogP contribution in [0.4, 0.5) is 17.6 Å². The van der Waals surface area contributed by atoms with Gasteiger partial charge in [0.2, 0.25) is 0 Å². The second kappa shape index (κ2) is 8.93. The van der Waals surface area contributed by atoms with Crippen LogP contribution in [0.15, 0.2) is 60.4 Å². The molecule has 0 N–H and O–H groups in total. The van der Waals surface area contributed by atoms with E-state index in [-0.39, 0.29) is 12.0 Å². The van der Waals surface area contributed by atoms with Crippen molar-refractivity contribution in [2.45, 2.75) is 57.5 Å². The Morgan fingerprint density at radius 1 is 0.893 bits per heavy atom. The highest BCUT2D eigenvalue weighted by Crippen LogP contribution is 2.40. The lowest BCUT2D eigenvalue weighted by molar-refractivity contribution is -0.0820. The molecule has 0 unspecified atom stereocenters. The minimum atomic E-state index is -4.58. The Morgan fingerprint density at radius 2 is 1.43 bits per heavy atom. The molecule has 0 nitrogen and oxygen atoms in total. The predicted octanol–water partition coefficient (Wildman–Crippen LogP) is 8.00. The molecule has 0 aliphatic heterocycles. The third-order valence-electron chi connectivity index (χ3n) is 5.63. The van der Waals surface area contributed by atoms with E-state index in [0.717, 1.165) is 31.2 Å². The molecule has 2 aromatic rings. The molecule has 0 saturated heterocycles. The zero-order valence-corrected chi connectivity index (χ0v) is 16.1. The number of aryl methyl sites for hydroxylation is 1. The minimum absolute atomic E-state index is 0.182. The van der Waals surface area contributed by atoms with Gasteiger partial charge in [0.1, 0.15) is 5.83 Å². The summed E-state index contributed by atoms with van der Waals surface area (Å²) in [5.74, 6) is -1.33. The third-order valence-corrected chi connectivity index (χ3v) is 5.63. The molecule has 3 rings (SSSR count). The van der Waals surface area contributed by atoms with E-state index in [0.29, 0.717) is 12.8 Å². The van der Waals surface area contributed by atoms with Crippen molar-refractivity contribution in [2.75, 3.05) is 0 Å². The van der Waals surface area contributed by atoms with E-state index in [1.54, 1.807) is 0 Å². The molecule has 1 saturated carbocycles. The van der Waals surface area contributed by atoms with Gasteiger partial charge in [-0.3, -0.25) is 0 Å². The number of alkyl halides is 3. The molecule has 0 heterocycles. The number of hydrogen-bond acceptors (Lipinski definition) is 0. The lowest BCUT2D eigenvalue weighted by Gasteiger charge is -2.28. The lowest BCUT2D eigenvalue weighted by atomic mass is 9.78. The van der Waals surface area contributed by atoms with Gasteiger partial charge in [0.15, 0.2) is 0 Å². The second-order valence-electron chi connectivity index (χ2n) is 7.69. The average Bonchev–Trinajstić information content (AvgIpc) is 2.68. The maximum absolute atomic E-state index is 13.8. The SMILES string of the molecule is CCCc1ccc(-c2ccc(C3CCC(/C(F)=C/C(F)(F)F)CC3)cc2)cc1. The molecule has 0 bridgehead atoms. The molecule has 28 heavy (non-hydrogen) atoms. The van der Waals surface area contributed by atoms with Crippen molar-refractivity contribution in [2.24, 2.45) is 5.92 Å². The molecule has 0 radical (unpaired) electrons. The van der Waals surface area contributed by atoms with Gasteiger partial charge in [0.05, 0.1) is 6.08 Å². The first-order chi connectivity index (χ1) is 13.4. The van der Waals surface area contributed by atoms with Crippen molar-refractivity contribution >= 4 is 0 Å². The molecular weight excluding hydrogens is 364 g/mol. The quantitative estimate of drug-likeness (QED) is 0.454. The molecule has 1 aliphatic rings. The summed E-state index contributed by atoms with van der Waals surface area (Å²) in [4.78, 5) is 0. The predicted molar refractivity (Wildman–Crippen MR) is 106 cm³/mol. The Kier molecular flexibility index (Phi) is 6.58. The van der Waals surface area contributed by atoms with Crippen LogP contribution in [0, 0.1) is 5.92 Å². The van der Waals surface area contributed by atoms with E-state index in [9.17, 15) is 17.6 Å². The normalized spacial score (nSPS) is 21.0. The second-order valence-corrected chi connectivity index (χ2v) is 7.69. The number of benzene rings is 2. The van der Waals surface area contributed by atoms with Crippen molar-refractivity contribution in [3.05, 3.63) is 71.6 Å². The topological polar surface area (TPSA) is 0 Å². The molecule has 150 valence electrons. The van der Waals surface area contributed by atoms with Crippen molar-refractivity contribution in [1.82, 2.24) is 0 Å². The third kappa shape index (κ3) is 5.46. The highest BCUT2D eigenvalue weighted by atomic mass is 19.4. The molecule has 1 aliphatic carbocycles. The van der Waals surface area contributed by atoms with Gasteiger partial charge < -0.3 is 0 Å². The van der Waals surface area contributed by atoms with Crippen molar-refractivity contribution in [1.29, 1.82) is 0 Å². The van der Waals surface area contributed by atoms with Crippen LogP contribution in [0.1, 0.15) is 56.1 Å². The van der Waals surface area contributed by atoms with Gasteiger partial charge in [0.25, 0.3) is 0 Å². The van der Waals surface area contributed by atoms with Gasteiger partial charge in [-0.15, -0.1) is 0 Å². The Labute approximate surface area is 164 Å². The maximum Gasteiger partial charge on any atom is 0.412 e. The molecule has 0 aromatic heterocycles. The van der Waals surface area contributed by atoms with Crippen LogP contribution < -0.4 is 0 Å². The highest BCUT2D eigenvalue weighted by Gasteiger charge is 2.30. The largest absolute Gasteiger partial charge is 0.412 e. The van der Waals surface area contributed by atoms with Crippen molar-refractivity contribution in [3.63, 3.8) is 0 Å². The van der Waals surface area contributed by atoms with E-state index in [2.05, 4.69) is 55.5 Å². The van der Waals surface area contributed by atoms with E-state index in [1.807, 2.05) is 0 Å². The van der Waals surface area contributed by atoms with Gasteiger partial charge >= 0.3 is 6.18 Å². The fourth-order valence-electron chi connectivity index (χ4n) is 4.08. The summed E-state index contributed by atoms with van der Waals surface area (Å²) in [5, 5.41) is 0. The first-order valence-corrected chi connectivity index (χ1v) is 10.00. The highest BCUT2D eigenvalue weighted by molar-refractivity contribution is 5.64. The maximum atomic E-state index is 13.8. The molecule has 0 spiro atoms. The van der Waals surface area contributed by atoms with Gasteiger partial charge in [-0.05, 0) is 60.3 Å². The standard InChI is InChI=1S/C24H26F4/c1-2-3-17-4-6-18(7-5-17)19-8-10-20(11-9-19)21-12-14-22(15-13-21)23(25)16-24(26,27)28/h4-11,16,21-22H,2-3,12-15H2,1H3/b23-16-. The molecule has 2 aromatic carbocycles. The van der Waals surface area contributed by atoms with Crippen LogP contribution in [-0.4, -0.2) is 6.18 Å². The van der Waals surface area contributed by atoms with E-state index >= 15 is 0 Å². The summed E-state index contributed by atoms with van der Waals surface area (Å²) >= 11 is 0. The van der Waals surface area contributed by atoms with Crippen LogP contribution in [-0.2, 0) is 6.42 Å². The zero-order chi connectivity index (χ0) is 20.1. The van der Waals surface area contributed by atoms with Gasteiger partial charge in [0, 0.05) is 5.92 Å². The number of hydrogen-bond donors (Lipinski definition) is 0. The molecule has 4 heteroatoms. The minimum Gasteiger partial charge on any atom is -0.212 e. The van der Waals surface area contributed by atoms with Crippen LogP contribution >= 0.6 is 0 Å². The van der Waals surface area contributed by atoms with E-state index < -0.39 is 17.9 Å². The Hall–Kier alpha value is -2.10. The molecular formula is C24H26F4. The van der Waals surface area contributed by atoms with Crippen molar-refractivity contribution in [3.8, 4) is 11.1 Å². The van der Waals surface area contributed by atoms with Gasteiger partial charge in [-0.1, -0.05) is 61.9 Å². The first kappa shape index (κ1) is 20.6. The number of allylic oxidation sites excluding steroid dienone is 2. The van der Waals surface area contributed by atoms with Gasteiger partial charge in [-0.25, -0.2) is 4.39 Å². The first-order valence-electron chi connectivity index (χ1n) is 10.00. The summed E-state index contributed by atoms with van der Waals surface area (Å²) in [5.41, 5.74) is 4.85. The zero-order valence-electron chi connectivity index (χ0n) is 16.1. The van der Waals surface area contributed by atoms with Gasteiger partial charge in [-0.2, -0.15) is 13.2 Å². The summed E-state index contributed by atoms with van der Waals surface area (Å²) < 4.78 is 50.7. The monoisotopic (exact) mass is 390 g/mol. The molecule has 0 amide bonds. The van der Waals surface area contributed by atoms with Crippen LogP contribution in [0.25, 0.3) is 11.1 Å². The fourth-order valence-corrected chi connectivity index (χ4v) is 4.08. The van der Waals surface area contributed by atoms with E-state index in [4.69, 9.17) is 0 Å². The van der Waals surface area contributed by atoms with E-state index in [1.165, 1.54) is 16.7 Å². The Balaban J connectivity index is 1.61. The number of rotatable bonds is 5. The van der Waals surface area contributed by atoms with Crippen LogP contribution in [0.2, 0.25) is 0 Å².